The number of piperazine rings is 1. The lowest BCUT2D eigenvalue weighted by molar-refractivity contribution is -0.127. The Morgan fingerprint density at radius 1 is 0.925 bits per heavy atom. The summed E-state index contributed by atoms with van der Waals surface area (Å²) < 4.78 is 13.2. The van der Waals surface area contributed by atoms with Gasteiger partial charge in [-0.25, -0.2) is 0 Å². The van der Waals surface area contributed by atoms with Crippen molar-refractivity contribution < 1.29 is 14.3 Å². The van der Waals surface area contributed by atoms with Crippen molar-refractivity contribution in [3.05, 3.63) is 65.4 Å². The first kappa shape index (κ1) is 29.7. The predicted molar refractivity (Wildman–Crippen MR) is 164 cm³/mol. The van der Waals surface area contributed by atoms with Gasteiger partial charge >= 0.3 is 0 Å². The highest BCUT2D eigenvalue weighted by molar-refractivity contribution is 5.98. The average Bonchev–Trinajstić information content (AvgIpc) is 3.26. The van der Waals surface area contributed by atoms with Gasteiger partial charge in [0.15, 0.2) is 0 Å². The van der Waals surface area contributed by atoms with Crippen molar-refractivity contribution in [2.75, 3.05) is 66.6 Å². The molecule has 0 saturated carbocycles. The van der Waals surface area contributed by atoms with Crippen molar-refractivity contribution in [3.8, 4) is 11.5 Å². The molecule has 0 radical (unpaired) electrons. The second kappa shape index (κ2) is 14.4. The van der Waals surface area contributed by atoms with E-state index in [4.69, 9.17) is 9.47 Å². The number of carbonyl (C=O) groups excluding carboxylic acids is 1. The van der Waals surface area contributed by atoms with E-state index in [-0.39, 0.29) is 5.91 Å². The second-order valence-corrected chi connectivity index (χ2v) is 10.5. The summed E-state index contributed by atoms with van der Waals surface area (Å²) in [6.07, 6.45) is 5.85. The molecule has 0 aliphatic carbocycles. The molecule has 2 heterocycles. The zero-order valence-electron chi connectivity index (χ0n) is 25.0. The molecule has 216 valence electrons. The van der Waals surface area contributed by atoms with Gasteiger partial charge in [-0.05, 0) is 81.4 Å². The number of aryl methyl sites for hydroxylation is 1. The van der Waals surface area contributed by atoms with Crippen molar-refractivity contribution in [2.45, 2.75) is 40.2 Å². The van der Waals surface area contributed by atoms with Crippen molar-refractivity contribution in [2.24, 2.45) is 0 Å². The van der Waals surface area contributed by atoms with Gasteiger partial charge in [0.25, 0.3) is 0 Å². The molecular weight excluding hydrogens is 500 g/mol. The third-order valence-electron chi connectivity index (χ3n) is 8.28. The standard InChI is InChI=1S/C33H46N4O3/c1-6-34(7-2)18-8-19-37-26(3)30(31-25-29(40-5)13-15-32(31)37)14-16-33(38)36-23-21-35(22-24-36)20-17-27-9-11-28(39-4)12-10-27/h9-16,25H,6-8,17-24H2,1-5H3. The smallest absolute Gasteiger partial charge is 0.246 e. The van der Waals surface area contributed by atoms with Crippen LogP contribution in [0.3, 0.4) is 0 Å². The Morgan fingerprint density at radius 2 is 1.60 bits per heavy atom. The van der Waals surface area contributed by atoms with E-state index in [9.17, 15) is 4.79 Å². The Balaban J connectivity index is 1.38. The Bertz CT molecular complexity index is 1270. The van der Waals surface area contributed by atoms with Crippen LogP contribution < -0.4 is 9.47 Å². The molecule has 1 aliphatic rings. The Kier molecular flexibility index (Phi) is 10.7. The van der Waals surface area contributed by atoms with Crippen LogP contribution in [0.5, 0.6) is 11.5 Å². The molecule has 1 aromatic heterocycles. The van der Waals surface area contributed by atoms with Gasteiger partial charge in [-0.15, -0.1) is 0 Å². The van der Waals surface area contributed by atoms with E-state index < -0.39 is 0 Å². The first-order chi connectivity index (χ1) is 19.5. The minimum atomic E-state index is 0.0829. The van der Waals surface area contributed by atoms with E-state index in [2.05, 4.69) is 59.4 Å². The van der Waals surface area contributed by atoms with Crippen LogP contribution >= 0.6 is 0 Å². The molecule has 0 unspecified atom stereocenters. The van der Waals surface area contributed by atoms with Gasteiger partial charge in [0.05, 0.1) is 14.2 Å². The fraction of sp³-hybridized carbons (Fsp3) is 0.485. The fourth-order valence-electron chi connectivity index (χ4n) is 5.64. The Labute approximate surface area is 239 Å². The largest absolute Gasteiger partial charge is 0.497 e. The first-order valence-electron chi connectivity index (χ1n) is 14.7. The highest BCUT2D eigenvalue weighted by Gasteiger charge is 2.20. The molecule has 0 bridgehead atoms. The number of fused-ring (bicyclic) bond motifs is 1. The van der Waals surface area contributed by atoms with Gasteiger partial charge in [0.2, 0.25) is 5.91 Å². The van der Waals surface area contributed by atoms with Gasteiger partial charge in [0, 0.05) is 67.5 Å². The number of carbonyl (C=O) groups is 1. The number of rotatable bonds is 13. The lowest BCUT2D eigenvalue weighted by atomic mass is 10.1. The van der Waals surface area contributed by atoms with E-state index in [1.54, 1.807) is 20.3 Å². The van der Waals surface area contributed by atoms with Crippen LogP contribution in [0.1, 0.15) is 37.1 Å². The summed E-state index contributed by atoms with van der Waals surface area (Å²) in [5.41, 5.74) is 4.79. The fourth-order valence-corrected chi connectivity index (χ4v) is 5.64. The molecule has 7 nitrogen and oxygen atoms in total. The molecule has 0 spiro atoms. The Hall–Kier alpha value is -3.29. The summed E-state index contributed by atoms with van der Waals surface area (Å²) in [4.78, 5) is 20.1. The lowest BCUT2D eigenvalue weighted by Crippen LogP contribution is -2.48. The number of aromatic nitrogens is 1. The number of benzene rings is 2. The van der Waals surface area contributed by atoms with Crippen LogP contribution in [0.15, 0.2) is 48.5 Å². The van der Waals surface area contributed by atoms with Crippen LogP contribution in [0.2, 0.25) is 0 Å². The van der Waals surface area contributed by atoms with Crippen molar-refractivity contribution in [3.63, 3.8) is 0 Å². The van der Waals surface area contributed by atoms with Crippen molar-refractivity contribution in [1.29, 1.82) is 0 Å². The van der Waals surface area contributed by atoms with Gasteiger partial charge in [-0.1, -0.05) is 26.0 Å². The van der Waals surface area contributed by atoms with Crippen LogP contribution in [0.4, 0.5) is 0 Å². The topological polar surface area (TPSA) is 50.2 Å². The molecule has 0 N–H and O–H groups in total. The highest BCUT2D eigenvalue weighted by Crippen LogP contribution is 2.31. The maximum absolute atomic E-state index is 13.2. The van der Waals surface area contributed by atoms with Crippen LogP contribution in [0.25, 0.3) is 17.0 Å². The van der Waals surface area contributed by atoms with Crippen LogP contribution in [-0.4, -0.2) is 91.8 Å². The molecule has 1 amide bonds. The molecule has 0 atom stereocenters. The van der Waals surface area contributed by atoms with E-state index in [1.165, 1.54) is 16.8 Å². The molecule has 40 heavy (non-hydrogen) atoms. The molecule has 2 aromatic carbocycles. The number of hydrogen-bond acceptors (Lipinski definition) is 5. The molecule has 3 aromatic rings. The summed E-state index contributed by atoms with van der Waals surface area (Å²) in [5, 5.41) is 1.13. The van der Waals surface area contributed by atoms with Crippen molar-refractivity contribution in [1.82, 2.24) is 19.3 Å². The normalized spacial score (nSPS) is 14.5. The first-order valence-corrected chi connectivity index (χ1v) is 14.7. The van der Waals surface area contributed by atoms with Gasteiger partial charge in [-0.3, -0.25) is 9.69 Å². The van der Waals surface area contributed by atoms with E-state index in [0.29, 0.717) is 0 Å². The minimum absolute atomic E-state index is 0.0829. The third-order valence-corrected chi connectivity index (χ3v) is 8.28. The summed E-state index contributed by atoms with van der Waals surface area (Å²) in [6.45, 7) is 15.1. The molecular formula is C33H46N4O3. The summed E-state index contributed by atoms with van der Waals surface area (Å²) >= 11 is 0. The predicted octanol–water partition coefficient (Wildman–Crippen LogP) is 5.10. The lowest BCUT2D eigenvalue weighted by Gasteiger charge is -2.34. The van der Waals surface area contributed by atoms with Crippen molar-refractivity contribution >= 4 is 22.9 Å². The molecule has 1 aliphatic heterocycles. The van der Waals surface area contributed by atoms with Crippen LogP contribution in [-0.2, 0) is 17.8 Å². The van der Waals surface area contributed by atoms with Gasteiger partial charge in [0.1, 0.15) is 11.5 Å². The third kappa shape index (κ3) is 7.26. The number of methoxy groups -OCH3 is 2. The number of amides is 1. The quantitative estimate of drug-likeness (QED) is 0.279. The average molecular weight is 547 g/mol. The second-order valence-electron chi connectivity index (χ2n) is 10.5. The minimum Gasteiger partial charge on any atom is -0.497 e. The van der Waals surface area contributed by atoms with Gasteiger partial charge < -0.3 is 23.8 Å². The summed E-state index contributed by atoms with van der Waals surface area (Å²) in [7, 11) is 3.39. The molecule has 1 saturated heterocycles. The summed E-state index contributed by atoms with van der Waals surface area (Å²) in [5.74, 6) is 1.80. The van der Waals surface area contributed by atoms with E-state index in [1.807, 2.05) is 29.2 Å². The highest BCUT2D eigenvalue weighted by atomic mass is 16.5. The number of ether oxygens (including phenoxy) is 2. The SMILES string of the molecule is CCN(CC)CCCn1c(C)c(C=CC(=O)N2CCN(CCc3ccc(OC)cc3)CC2)c2cc(OC)ccc21. The maximum Gasteiger partial charge on any atom is 0.246 e. The molecule has 7 heteroatoms. The molecule has 4 rings (SSSR count). The monoisotopic (exact) mass is 546 g/mol. The maximum atomic E-state index is 13.2. The van der Waals surface area contributed by atoms with Crippen LogP contribution in [0, 0.1) is 6.92 Å². The number of hydrogen-bond donors (Lipinski definition) is 0. The van der Waals surface area contributed by atoms with Gasteiger partial charge in [-0.2, -0.15) is 0 Å². The Morgan fingerprint density at radius 3 is 2.25 bits per heavy atom. The molecule has 1 fully saturated rings. The van der Waals surface area contributed by atoms with E-state index in [0.717, 1.165) is 94.2 Å². The number of nitrogens with zero attached hydrogens (tertiary/aromatic N) is 4. The summed E-state index contributed by atoms with van der Waals surface area (Å²) in [6, 6.07) is 14.5. The zero-order valence-corrected chi connectivity index (χ0v) is 25.0. The zero-order chi connectivity index (χ0) is 28.5. The van der Waals surface area contributed by atoms with E-state index >= 15 is 0 Å².